The van der Waals surface area contributed by atoms with Crippen molar-refractivity contribution >= 4 is 16.7 Å². The molecule has 4 nitrogen and oxygen atoms in total. The molecule has 0 saturated heterocycles. The predicted octanol–water partition coefficient (Wildman–Crippen LogP) is 2.62. The topological polar surface area (TPSA) is 75.7 Å². The summed E-state index contributed by atoms with van der Waals surface area (Å²) in [5.74, 6) is 1.35. The first kappa shape index (κ1) is 13.5. The standard InChI is InChI=1S/C15H20N4/c1-9(2)6-11-4-5-13-12(7-11)10(3)18-15(19-13)8-14(16)17/h4-5,7,9H,6,8H2,1-3H3,(H3,16,17). The fraction of sp³-hybridized carbons (Fsp3) is 0.400. The van der Waals surface area contributed by atoms with Gasteiger partial charge in [-0.2, -0.15) is 0 Å². The second-order valence-corrected chi connectivity index (χ2v) is 5.38. The van der Waals surface area contributed by atoms with E-state index >= 15 is 0 Å². The maximum atomic E-state index is 7.32. The van der Waals surface area contributed by atoms with E-state index in [1.807, 2.05) is 13.0 Å². The van der Waals surface area contributed by atoms with Gasteiger partial charge in [0.25, 0.3) is 0 Å². The van der Waals surface area contributed by atoms with Crippen molar-refractivity contribution in [2.45, 2.75) is 33.6 Å². The van der Waals surface area contributed by atoms with E-state index in [4.69, 9.17) is 11.1 Å². The number of rotatable bonds is 4. The van der Waals surface area contributed by atoms with Gasteiger partial charge in [-0.25, -0.2) is 9.97 Å². The van der Waals surface area contributed by atoms with Crippen LogP contribution in [0.1, 0.15) is 30.9 Å². The van der Waals surface area contributed by atoms with Crippen molar-refractivity contribution in [1.82, 2.24) is 9.97 Å². The van der Waals surface area contributed by atoms with Crippen LogP contribution in [-0.2, 0) is 12.8 Å². The summed E-state index contributed by atoms with van der Waals surface area (Å²) in [6, 6.07) is 6.32. The average Bonchev–Trinajstić information content (AvgIpc) is 2.28. The van der Waals surface area contributed by atoms with Crippen molar-refractivity contribution in [2.75, 3.05) is 0 Å². The van der Waals surface area contributed by atoms with Gasteiger partial charge in [0.2, 0.25) is 0 Å². The molecule has 0 amide bonds. The van der Waals surface area contributed by atoms with E-state index in [0.717, 1.165) is 23.0 Å². The summed E-state index contributed by atoms with van der Waals surface area (Å²) in [6.45, 7) is 6.40. The van der Waals surface area contributed by atoms with Gasteiger partial charge in [-0.3, -0.25) is 5.41 Å². The summed E-state index contributed by atoms with van der Waals surface area (Å²) in [4.78, 5) is 8.89. The Bertz CT molecular complexity index is 617. The van der Waals surface area contributed by atoms with E-state index in [-0.39, 0.29) is 5.84 Å². The lowest BCUT2D eigenvalue weighted by Crippen LogP contribution is -2.15. The fourth-order valence-corrected chi connectivity index (χ4v) is 2.24. The number of nitrogens with zero attached hydrogens (tertiary/aromatic N) is 2. The molecule has 1 aromatic heterocycles. The van der Waals surface area contributed by atoms with Gasteiger partial charge in [0.15, 0.2) is 0 Å². The Hall–Kier alpha value is -1.97. The zero-order valence-corrected chi connectivity index (χ0v) is 11.7. The minimum Gasteiger partial charge on any atom is -0.387 e. The molecule has 2 rings (SSSR count). The van der Waals surface area contributed by atoms with Crippen LogP contribution in [0, 0.1) is 18.3 Å². The Labute approximate surface area is 113 Å². The van der Waals surface area contributed by atoms with Gasteiger partial charge in [0.05, 0.1) is 17.8 Å². The van der Waals surface area contributed by atoms with Crippen molar-refractivity contribution in [3.63, 3.8) is 0 Å². The van der Waals surface area contributed by atoms with Gasteiger partial charge in [0.1, 0.15) is 5.82 Å². The Morgan fingerprint density at radius 3 is 2.68 bits per heavy atom. The van der Waals surface area contributed by atoms with Crippen LogP contribution in [0.15, 0.2) is 18.2 Å². The third-order valence-corrected chi connectivity index (χ3v) is 2.99. The maximum absolute atomic E-state index is 7.32. The maximum Gasteiger partial charge on any atom is 0.136 e. The van der Waals surface area contributed by atoms with Gasteiger partial charge in [0, 0.05) is 11.1 Å². The van der Waals surface area contributed by atoms with Crippen molar-refractivity contribution in [2.24, 2.45) is 11.7 Å². The molecule has 0 radical (unpaired) electrons. The Kier molecular flexibility index (Phi) is 3.79. The molecule has 1 aromatic carbocycles. The lowest BCUT2D eigenvalue weighted by molar-refractivity contribution is 0.647. The first-order valence-electron chi connectivity index (χ1n) is 6.54. The lowest BCUT2D eigenvalue weighted by Gasteiger charge is -2.09. The summed E-state index contributed by atoms with van der Waals surface area (Å²) in [6.07, 6.45) is 1.37. The first-order chi connectivity index (χ1) is 8.95. The van der Waals surface area contributed by atoms with Gasteiger partial charge in [-0.15, -0.1) is 0 Å². The number of benzene rings is 1. The van der Waals surface area contributed by atoms with Gasteiger partial charge in [-0.1, -0.05) is 19.9 Å². The molecule has 0 aliphatic heterocycles. The van der Waals surface area contributed by atoms with Gasteiger partial charge >= 0.3 is 0 Å². The van der Waals surface area contributed by atoms with E-state index < -0.39 is 0 Å². The van der Waals surface area contributed by atoms with Crippen molar-refractivity contribution in [3.05, 3.63) is 35.3 Å². The smallest absolute Gasteiger partial charge is 0.136 e. The van der Waals surface area contributed by atoms with Crippen LogP contribution in [0.2, 0.25) is 0 Å². The third-order valence-electron chi connectivity index (χ3n) is 2.99. The van der Waals surface area contributed by atoms with Crippen LogP contribution in [0.3, 0.4) is 0 Å². The molecule has 0 aliphatic rings. The van der Waals surface area contributed by atoms with Crippen LogP contribution >= 0.6 is 0 Å². The molecule has 19 heavy (non-hydrogen) atoms. The van der Waals surface area contributed by atoms with E-state index in [0.29, 0.717) is 18.2 Å². The highest BCUT2D eigenvalue weighted by atomic mass is 14.9. The van der Waals surface area contributed by atoms with E-state index in [9.17, 15) is 0 Å². The number of amidine groups is 1. The number of fused-ring (bicyclic) bond motifs is 1. The molecular formula is C15H20N4. The highest BCUT2D eigenvalue weighted by Crippen LogP contribution is 2.19. The monoisotopic (exact) mass is 256 g/mol. The normalized spacial score (nSPS) is 11.2. The number of nitrogens with two attached hydrogens (primary N) is 1. The molecule has 100 valence electrons. The Morgan fingerprint density at radius 2 is 2.05 bits per heavy atom. The van der Waals surface area contributed by atoms with E-state index in [1.54, 1.807) is 0 Å². The minimum atomic E-state index is 0.0928. The number of nitrogens with one attached hydrogen (secondary N) is 1. The van der Waals surface area contributed by atoms with Crippen LogP contribution in [0.5, 0.6) is 0 Å². The van der Waals surface area contributed by atoms with E-state index in [2.05, 4.69) is 35.9 Å². The minimum absolute atomic E-state index is 0.0928. The number of aromatic nitrogens is 2. The summed E-state index contributed by atoms with van der Waals surface area (Å²) in [7, 11) is 0. The fourth-order valence-electron chi connectivity index (χ4n) is 2.24. The second kappa shape index (κ2) is 5.34. The molecule has 0 unspecified atom stereocenters. The van der Waals surface area contributed by atoms with Gasteiger partial charge in [-0.05, 0) is 37.0 Å². The zero-order valence-electron chi connectivity index (χ0n) is 11.7. The number of hydrogen-bond donors (Lipinski definition) is 2. The van der Waals surface area contributed by atoms with Crippen LogP contribution in [0.4, 0.5) is 0 Å². The Morgan fingerprint density at radius 1 is 1.32 bits per heavy atom. The molecule has 1 heterocycles. The number of hydrogen-bond acceptors (Lipinski definition) is 3. The lowest BCUT2D eigenvalue weighted by atomic mass is 10.0. The van der Waals surface area contributed by atoms with Crippen molar-refractivity contribution < 1.29 is 0 Å². The molecule has 0 atom stereocenters. The first-order valence-corrected chi connectivity index (χ1v) is 6.54. The summed E-state index contributed by atoms with van der Waals surface area (Å²) < 4.78 is 0. The molecule has 4 heteroatoms. The largest absolute Gasteiger partial charge is 0.387 e. The second-order valence-electron chi connectivity index (χ2n) is 5.38. The van der Waals surface area contributed by atoms with E-state index in [1.165, 1.54) is 5.56 Å². The molecule has 0 bridgehead atoms. The molecule has 0 spiro atoms. The quantitative estimate of drug-likeness (QED) is 0.652. The van der Waals surface area contributed by atoms with Crippen molar-refractivity contribution in [1.29, 1.82) is 5.41 Å². The molecule has 0 aliphatic carbocycles. The third kappa shape index (κ3) is 3.28. The zero-order chi connectivity index (χ0) is 14.0. The number of aryl methyl sites for hydroxylation is 1. The molecule has 0 fully saturated rings. The summed E-state index contributed by atoms with van der Waals surface area (Å²) in [5.41, 5.74) is 8.59. The van der Waals surface area contributed by atoms with Crippen LogP contribution in [0.25, 0.3) is 10.9 Å². The van der Waals surface area contributed by atoms with Gasteiger partial charge < -0.3 is 5.73 Å². The highest BCUT2D eigenvalue weighted by molar-refractivity contribution is 5.83. The molecular weight excluding hydrogens is 236 g/mol. The summed E-state index contributed by atoms with van der Waals surface area (Å²) >= 11 is 0. The summed E-state index contributed by atoms with van der Waals surface area (Å²) in [5, 5.41) is 8.41. The molecule has 3 N–H and O–H groups in total. The Balaban J connectivity index is 2.44. The predicted molar refractivity (Wildman–Crippen MR) is 78.4 cm³/mol. The highest BCUT2D eigenvalue weighted by Gasteiger charge is 2.07. The average molecular weight is 256 g/mol. The van der Waals surface area contributed by atoms with Crippen LogP contribution < -0.4 is 5.73 Å². The molecule has 0 saturated carbocycles. The molecule has 2 aromatic rings. The van der Waals surface area contributed by atoms with Crippen LogP contribution in [-0.4, -0.2) is 15.8 Å². The SMILES string of the molecule is Cc1nc(CC(=N)N)nc2ccc(CC(C)C)cc12. The van der Waals surface area contributed by atoms with Crippen molar-refractivity contribution in [3.8, 4) is 0 Å².